The van der Waals surface area contributed by atoms with Crippen LogP contribution in [0.4, 0.5) is 11.4 Å². The molecule has 11 nitrogen and oxygen atoms in total. The highest BCUT2D eigenvalue weighted by Gasteiger charge is 2.15. The minimum Gasteiger partial charge on any atom is -0.457 e. The van der Waals surface area contributed by atoms with Gasteiger partial charge in [0.25, 0.3) is 0 Å². The number of nitrogens with two attached hydrogens (primary N) is 1. The molecule has 0 saturated heterocycles. The standard InChI is InChI=1S/C21H27NO4.C20H26N2O4/c1-6-7-19(24)22-18-14-16(9-12-17(18)11-8-15(2)23)10-13-20(25)26-21(3,4)5;1-14(23)5-8-16-9-6-15(7-10-19(25)26-20(2,3)4)13-17(16)22-18(24)11-12-21/h8-14H,6-7H2,1-5H3,(H,22,24);5-10,13H,11-12,21H2,1-4H3,(H,22,24)/b11-8+,13-10+;8-5+,10-7+. The van der Waals surface area contributed by atoms with E-state index in [1.807, 2.05) is 6.92 Å². The van der Waals surface area contributed by atoms with E-state index in [9.17, 15) is 28.8 Å². The van der Waals surface area contributed by atoms with Gasteiger partial charge in [-0.2, -0.15) is 0 Å². The molecule has 0 aliphatic carbocycles. The van der Waals surface area contributed by atoms with Crippen molar-refractivity contribution >= 4 is 71.0 Å². The topological polar surface area (TPSA) is 171 Å². The Kier molecular flexibility index (Phi) is 18.6. The molecule has 2 rings (SSSR count). The number of rotatable bonds is 14. The van der Waals surface area contributed by atoms with E-state index in [2.05, 4.69) is 10.6 Å². The maximum Gasteiger partial charge on any atom is 0.331 e. The van der Waals surface area contributed by atoms with Crippen LogP contribution in [0, 0.1) is 0 Å². The molecule has 2 aromatic carbocycles. The third-order valence-electron chi connectivity index (χ3n) is 6.18. The molecule has 2 aromatic rings. The lowest BCUT2D eigenvalue weighted by atomic mass is 10.1. The maximum absolute atomic E-state index is 11.9. The summed E-state index contributed by atoms with van der Waals surface area (Å²) in [6, 6.07) is 10.6. The van der Waals surface area contributed by atoms with Gasteiger partial charge in [0.05, 0.1) is 0 Å². The largest absolute Gasteiger partial charge is 0.457 e. The molecule has 0 radical (unpaired) electrons. The van der Waals surface area contributed by atoms with Crippen molar-refractivity contribution in [2.45, 2.75) is 92.8 Å². The summed E-state index contributed by atoms with van der Waals surface area (Å²) in [6.07, 6.45) is 13.4. The van der Waals surface area contributed by atoms with E-state index in [4.69, 9.17) is 15.2 Å². The number of ketones is 2. The van der Waals surface area contributed by atoms with Crippen molar-refractivity contribution in [2.75, 3.05) is 17.2 Å². The number of carbonyl (C=O) groups is 6. The predicted octanol–water partition coefficient (Wildman–Crippen LogP) is 7.31. The Labute approximate surface area is 307 Å². The minimum absolute atomic E-state index is 0.0790. The third kappa shape index (κ3) is 20.3. The van der Waals surface area contributed by atoms with Crippen LogP contribution in [-0.4, -0.2) is 53.1 Å². The summed E-state index contributed by atoms with van der Waals surface area (Å²) in [4.78, 5) is 69.7. The van der Waals surface area contributed by atoms with E-state index < -0.39 is 23.1 Å². The highest BCUT2D eigenvalue weighted by atomic mass is 16.6. The van der Waals surface area contributed by atoms with Gasteiger partial charge < -0.3 is 25.8 Å². The van der Waals surface area contributed by atoms with Gasteiger partial charge in [-0.25, -0.2) is 9.59 Å². The third-order valence-corrected chi connectivity index (χ3v) is 6.18. The number of allylic oxidation sites excluding steroid dienone is 2. The van der Waals surface area contributed by atoms with Crippen LogP contribution in [0.25, 0.3) is 24.3 Å². The van der Waals surface area contributed by atoms with Crippen molar-refractivity contribution < 1.29 is 38.2 Å². The fraction of sp³-hybridized carbons (Fsp3) is 0.366. The number of hydrogen-bond acceptors (Lipinski definition) is 9. The molecule has 280 valence electrons. The summed E-state index contributed by atoms with van der Waals surface area (Å²) in [5.41, 5.74) is 8.25. The number of ether oxygens (including phenoxy) is 2. The summed E-state index contributed by atoms with van der Waals surface area (Å²) in [7, 11) is 0. The van der Waals surface area contributed by atoms with Crippen molar-refractivity contribution in [1.82, 2.24) is 0 Å². The van der Waals surface area contributed by atoms with Gasteiger partial charge in [0, 0.05) is 42.9 Å². The molecule has 0 fully saturated rings. The number of nitrogens with one attached hydrogen (secondary N) is 2. The smallest absolute Gasteiger partial charge is 0.331 e. The summed E-state index contributed by atoms with van der Waals surface area (Å²) in [5, 5.41) is 5.62. The van der Waals surface area contributed by atoms with Gasteiger partial charge in [-0.05, 0) is 133 Å². The Morgan fingerprint density at radius 3 is 1.33 bits per heavy atom. The Hall–Kier alpha value is -5.42. The molecule has 0 aliphatic heterocycles. The second-order valence-electron chi connectivity index (χ2n) is 13.7. The molecule has 0 unspecified atom stereocenters. The number of amides is 2. The van der Waals surface area contributed by atoms with E-state index in [0.717, 1.165) is 17.5 Å². The van der Waals surface area contributed by atoms with E-state index in [-0.39, 0.29) is 36.3 Å². The molecule has 0 atom stereocenters. The van der Waals surface area contributed by atoms with Gasteiger partial charge in [0.1, 0.15) is 11.2 Å². The van der Waals surface area contributed by atoms with E-state index in [0.29, 0.717) is 28.9 Å². The molecule has 0 spiro atoms. The monoisotopic (exact) mass is 715 g/mol. The molecule has 0 bridgehead atoms. The number of benzene rings is 2. The van der Waals surface area contributed by atoms with E-state index >= 15 is 0 Å². The Morgan fingerprint density at radius 2 is 1.00 bits per heavy atom. The molecule has 4 N–H and O–H groups in total. The minimum atomic E-state index is -0.565. The quantitative estimate of drug-likeness (QED) is 0.134. The van der Waals surface area contributed by atoms with Gasteiger partial charge >= 0.3 is 11.9 Å². The maximum atomic E-state index is 11.9. The average molecular weight is 716 g/mol. The molecule has 0 heterocycles. The number of anilines is 2. The lowest BCUT2D eigenvalue weighted by Crippen LogP contribution is -2.22. The fourth-order valence-electron chi connectivity index (χ4n) is 4.06. The second kappa shape index (κ2) is 21.7. The van der Waals surface area contributed by atoms with Crippen LogP contribution >= 0.6 is 0 Å². The van der Waals surface area contributed by atoms with Gasteiger partial charge in [-0.1, -0.05) is 31.2 Å². The first kappa shape index (κ1) is 44.6. The number of hydrogen-bond donors (Lipinski definition) is 3. The zero-order valence-electron chi connectivity index (χ0n) is 31.8. The first-order valence-corrected chi connectivity index (χ1v) is 17.0. The Balaban J connectivity index is 0.000000520. The molecule has 11 heteroatoms. The van der Waals surface area contributed by atoms with E-state index in [1.54, 1.807) is 102 Å². The van der Waals surface area contributed by atoms with Crippen LogP contribution in [0.5, 0.6) is 0 Å². The average Bonchev–Trinajstić information content (AvgIpc) is 3.00. The number of carbonyl (C=O) groups excluding carboxylic acids is 6. The Morgan fingerprint density at radius 1 is 0.615 bits per heavy atom. The summed E-state index contributed by atoms with van der Waals surface area (Å²) >= 11 is 0. The zero-order chi connectivity index (χ0) is 39.5. The van der Waals surface area contributed by atoms with Gasteiger partial charge in [-0.3, -0.25) is 19.2 Å². The van der Waals surface area contributed by atoms with Crippen LogP contribution in [0.15, 0.2) is 60.7 Å². The highest BCUT2D eigenvalue weighted by molar-refractivity contribution is 5.98. The molecule has 2 amide bonds. The van der Waals surface area contributed by atoms with Crippen molar-refractivity contribution in [1.29, 1.82) is 0 Å². The summed E-state index contributed by atoms with van der Waals surface area (Å²) in [5.74, 6) is -1.39. The van der Waals surface area contributed by atoms with Gasteiger partial charge in [0.15, 0.2) is 11.6 Å². The lowest BCUT2D eigenvalue weighted by Gasteiger charge is -2.18. The fourth-order valence-corrected chi connectivity index (χ4v) is 4.06. The Bertz CT molecular complexity index is 1580. The van der Waals surface area contributed by atoms with Gasteiger partial charge in [0.2, 0.25) is 11.8 Å². The van der Waals surface area contributed by atoms with Crippen LogP contribution in [0.1, 0.15) is 104 Å². The second-order valence-corrected chi connectivity index (χ2v) is 13.7. The molecule has 0 aromatic heterocycles. The van der Waals surface area contributed by atoms with Crippen molar-refractivity contribution in [3.8, 4) is 0 Å². The van der Waals surface area contributed by atoms with Gasteiger partial charge in [-0.15, -0.1) is 0 Å². The summed E-state index contributed by atoms with van der Waals surface area (Å²) < 4.78 is 10.4. The van der Waals surface area contributed by atoms with Crippen molar-refractivity contribution in [2.24, 2.45) is 5.73 Å². The van der Waals surface area contributed by atoms with Crippen LogP contribution in [0.2, 0.25) is 0 Å². The van der Waals surface area contributed by atoms with Crippen LogP contribution in [-0.2, 0) is 38.2 Å². The van der Waals surface area contributed by atoms with Crippen molar-refractivity contribution in [3.63, 3.8) is 0 Å². The molecule has 0 aliphatic rings. The predicted molar refractivity (Wildman–Crippen MR) is 208 cm³/mol. The van der Waals surface area contributed by atoms with Crippen molar-refractivity contribution in [3.05, 3.63) is 83.0 Å². The SMILES string of the molecule is CC(=O)/C=C/c1ccc(/C=C/C(=O)OC(C)(C)C)cc1NC(=O)CCN.CCCC(=O)Nc1cc(/C=C/C(=O)OC(C)(C)C)ccc1/C=C/C(C)=O. The first-order valence-electron chi connectivity index (χ1n) is 17.0. The van der Waals surface area contributed by atoms with Crippen LogP contribution < -0.4 is 16.4 Å². The lowest BCUT2D eigenvalue weighted by molar-refractivity contribution is -0.149. The van der Waals surface area contributed by atoms with Crippen LogP contribution in [0.3, 0.4) is 0 Å². The normalized spacial score (nSPS) is 11.7. The molecule has 52 heavy (non-hydrogen) atoms. The zero-order valence-corrected chi connectivity index (χ0v) is 31.8. The number of esters is 2. The highest BCUT2D eigenvalue weighted by Crippen LogP contribution is 2.23. The first-order chi connectivity index (χ1) is 24.2. The summed E-state index contributed by atoms with van der Waals surface area (Å²) in [6.45, 7) is 15.9. The molecular formula is C41H53N3O8. The molecular weight excluding hydrogens is 662 g/mol. The molecule has 0 saturated carbocycles. The van der Waals surface area contributed by atoms with E-state index in [1.165, 1.54) is 38.2 Å².